The molecule has 166 valence electrons. The molecule has 1 heterocycles. The molecular formula is C24H32N4O3. The predicted molar refractivity (Wildman–Crippen MR) is 125 cm³/mol. The third-order valence-corrected chi connectivity index (χ3v) is 5.37. The minimum atomic E-state index is -0.145. The van der Waals surface area contributed by atoms with Crippen LogP contribution in [0.15, 0.2) is 48.5 Å². The molecule has 1 fully saturated rings. The van der Waals surface area contributed by atoms with Crippen LogP contribution in [-0.4, -0.2) is 69.7 Å². The van der Waals surface area contributed by atoms with Gasteiger partial charge < -0.3 is 19.9 Å². The van der Waals surface area contributed by atoms with Gasteiger partial charge in [0, 0.05) is 36.7 Å². The summed E-state index contributed by atoms with van der Waals surface area (Å²) >= 11 is 0. The highest BCUT2D eigenvalue weighted by atomic mass is 16.5. The van der Waals surface area contributed by atoms with E-state index in [2.05, 4.69) is 10.2 Å². The third-order valence-electron chi connectivity index (χ3n) is 5.37. The highest BCUT2D eigenvalue weighted by molar-refractivity contribution is 5.96. The second-order valence-corrected chi connectivity index (χ2v) is 7.79. The molecule has 2 aromatic carbocycles. The number of morpholine rings is 1. The first-order valence-corrected chi connectivity index (χ1v) is 10.7. The van der Waals surface area contributed by atoms with Crippen LogP contribution in [0.1, 0.15) is 12.5 Å². The molecule has 2 aromatic rings. The van der Waals surface area contributed by atoms with Gasteiger partial charge in [-0.15, -0.1) is 0 Å². The summed E-state index contributed by atoms with van der Waals surface area (Å²) in [6, 6.07) is 15.7. The van der Waals surface area contributed by atoms with Gasteiger partial charge in [0.1, 0.15) is 0 Å². The van der Waals surface area contributed by atoms with Crippen LogP contribution in [0.5, 0.6) is 0 Å². The lowest BCUT2D eigenvalue weighted by molar-refractivity contribution is -0.121. The fourth-order valence-electron chi connectivity index (χ4n) is 3.74. The van der Waals surface area contributed by atoms with Gasteiger partial charge in [-0.3, -0.25) is 14.5 Å². The van der Waals surface area contributed by atoms with Crippen LogP contribution < -0.4 is 15.1 Å². The molecule has 2 amide bonds. The molecule has 7 nitrogen and oxygen atoms in total. The van der Waals surface area contributed by atoms with Gasteiger partial charge in [-0.25, -0.2) is 0 Å². The molecule has 0 bridgehead atoms. The van der Waals surface area contributed by atoms with E-state index >= 15 is 0 Å². The van der Waals surface area contributed by atoms with Crippen molar-refractivity contribution < 1.29 is 14.3 Å². The predicted octanol–water partition coefficient (Wildman–Crippen LogP) is 2.76. The molecule has 0 aromatic heterocycles. The fourth-order valence-corrected chi connectivity index (χ4v) is 3.74. The lowest BCUT2D eigenvalue weighted by Gasteiger charge is -2.29. The number of carbonyl (C=O) groups excluding carboxylic acids is 2. The number of benzene rings is 2. The first kappa shape index (κ1) is 22.8. The molecule has 0 radical (unpaired) electrons. The number of rotatable bonds is 8. The molecular weight excluding hydrogens is 392 g/mol. The average molecular weight is 425 g/mol. The van der Waals surface area contributed by atoms with Crippen LogP contribution in [0.3, 0.4) is 0 Å². The molecule has 7 heteroatoms. The van der Waals surface area contributed by atoms with Gasteiger partial charge in [0.15, 0.2) is 0 Å². The Hall–Kier alpha value is -2.90. The minimum absolute atomic E-state index is 0.0260. The molecule has 31 heavy (non-hydrogen) atoms. The first-order valence-electron chi connectivity index (χ1n) is 10.7. The number of likely N-dealkylation sites (N-methyl/N-ethyl adjacent to an activating group) is 2. The topological polar surface area (TPSA) is 65.1 Å². The monoisotopic (exact) mass is 424 g/mol. The van der Waals surface area contributed by atoms with Crippen molar-refractivity contribution in [3.05, 3.63) is 54.1 Å². The average Bonchev–Trinajstić information content (AvgIpc) is 2.76. The Bertz CT molecular complexity index is 879. The van der Waals surface area contributed by atoms with Gasteiger partial charge in [0.05, 0.1) is 26.3 Å². The smallest absolute Gasteiger partial charge is 0.241 e. The van der Waals surface area contributed by atoms with E-state index < -0.39 is 0 Å². The molecule has 1 aliphatic heterocycles. The van der Waals surface area contributed by atoms with Crippen molar-refractivity contribution in [3.8, 4) is 0 Å². The van der Waals surface area contributed by atoms with Gasteiger partial charge in [-0.05, 0) is 56.8 Å². The number of nitrogens with one attached hydrogen (secondary N) is 1. The summed E-state index contributed by atoms with van der Waals surface area (Å²) in [5.41, 5.74) is 3.84. The lowest BCUT2D eigenvalue weighted by Crippen LogP contribution is -2.41. The van der Waals surface area contributed by atoms with Crippen molar-refractivity contribution >= 4 is 28.9 Å². The van der Waals surface area contributed by atoms with Crippen molar-refractivity contribution in [3.63, 3.8) is 0 Å². The van der Waals surface area contributed by atoms with Crippen molar-refractivity contribution in [2.24, 2.45) is 0 Å². The van der Waals surface area contributed by atoms with Crippen LogP contribution >= 0.6 is 0 Å². The Morgan fingerprint density at radius 3 is 2.35 bits per heavy atom. The second kappa shape index (κ2) is 10.9. The number of anilines is 3. The Morgan fingerprint density at radius 2 is 1.71 bits per heavy atom. The van der Waals surface area contributed by atoms with E-state index in [4.69, 9.17) is 4.74 Å². The van der Waals surface area contributed by atoms with Gasteiger partial charge in [-0.2, -0.15) is 0 Å². The second-order valence-electron chi connectivity index (χ2n) is 7.79. The van der Waals surface area contributed by atoms with E-state index in [0.29, 0.717) is 6.54 Å². The van der Waals surface area contributed by atoms with Crippen LogP contribution in [0.25, 0.3) is 0 Å². The van der Waals surface area contributed by atoms with Crippen LogP contribution in [0, 0.1) is 6.92 Å². The Kier molecular flexibility index (Phi) is 8.03. The van der Waals surface area contributed by atoms with E-state index in [9.17, 15) is 9.59 Å². The molecule has 0 saturated carbocycles. The van der Waals surface area contributed by atoms with Crippen molar-refractivity contribution in [2.45, 2.75) is 13.8 Å². The van der Waals surface area contributed by atoms with Crippen LogP contribution in [0.4, 0.5) is 17.1 Å². The molecule has 0 atom stereocenters. The minimum Gasteiger partial charge on any atom is -0.378 e. The number of aryl methyl sites for hydroxylation is 1. The molecule has 1 saturated heterocycles. The maximum absolute atomic E-state index is 12.8. The summed E-state index contributed by atoms with van der Waals surface area (Å²) in [4.78, 5) is 31.0. The van der Waals surface area contributed by atoms with E-state index in [-0.39, 0.29) is 24.9 Å². The van der Waals surface area contributed by atoms with Crippen molar-refractivity contribution in [1.29, 1.82) is 0 Å². The molecule has 1 aliphatic rings. The number of ether oxygens (including phenoxy) is 1. The van der Waals surface area contributed by atoms with E-state index in [0.717, 1.165) is 48.9 Å². The Labute approximate surface area is 184 Å². The van der Waals surface area contributed by atoms with Gasteiger partial charge in [0.25, 0.3) is 0 Å². The summed E-state index contributed by atoms with van der Waals surface area (Å²) in [6.45, 7) is 8.08. The molecule has 0 unspecified atom stereocenters. The van der Waals surface area contributed by atoms with E-state index in [1.54, 1.807) is 16.8 Å². The fraction of sp³-hybridized carbons (Fsp3) is 0.417. The standard InChI is InChI=1S/C24H32N4O3/c1-4-28(22-8-6-5-7-19(22)2)24(30)18-26(3)17-23(29)25-20-9-11-21(12-10-20)27-13-15-31-16-14-27/h5-12H,4,13-18H2,1-3H3,(H,25,29). The largest absolute Gasteiger partial charge is 0.378 e. The zero-order valence-electron chi connectivity index (χ0n) is 18.6. The van der Waals surface area contributed by atoms with Crippen molar-refractivity contribution in [1.82, 2.24) is 4.90 Å². The summed E-state index contributed by atoms with van der Waals surface area (Å²) in [6.07, 6.45) is 0. The van der Waals surface area contributed by atoms with Gasteiger partial charge >= 0.3 is 0 Å². The number of carbonyl (C=O) groups is 2. The third kappa shape index (κ3) is 6.29. The quantitative estimate of drug-likeness (QED) is 0.706. The van der Waals surface area contributed by atoms with E-state index in [1.165, 1.54) is 0 Å². The van der Waals surface area contributed by atoms with E-state index in [1.807, 2.05) is 62.4 Å². The Morgan fingerprint density at radius 1 is 1.03 bits per heavy atom. The van der Waals surface area contributed by atoms with Crippen LogP contribution in [-0.2, 0) is 14.3 Å². The Balaban J connectivity index is 1.50. The number of hydrogen-bond acceptors (Lipinski definition) is 5. The number of amides is 2. The zero-order chi connectivity index (χ0) is 22.2. The molecule has 0 aliphatic carbocycles. The highest BCUT2D eigenvalue weighted by Gasteiger charge is 2.18. The first-order chi connectivity index (χ1) is 15.0. The lowest BCUT2D eigenvalue weighted by atomic mass is 10.2. The summed E-state index contributed by atoms with van der Waals surface area (Å²) < 4.78 is 5.38. The summed E-state index contributed by atoms with van der Waals surface area (Å²) in [7, 11) is 1.78. The molecule has 3 rings (SSSR count). The number of hydrogen-bond donors (Lipinski definition) is 1. The zero-order valence-corrected chi connectivity index (χ0v) is 18.6. The summed E-state index contributed by atoms with van der Waals surface area (Å²) in [5.74, 6) is -0.171. The normalized spacial score (nSPS) is 13.9. The maximum Gasteiger partial charge on any atom is 0.241 e. The SMILES string of the molecule is CCN(C(=O)CN(C)CC(=O)Nc1ccc(N2CCOCC2)cc1)c1ccccc1C. The summed E-state index contributed by atoms with van der Waals surface area (Å²) in [5, 5.41) is 2.91. The van der Waals surface area contributed by atoms with Crippen molar-refractivity contribution in [2.75, 3.05) is 68.1 Å². The number of nitrogens with zero attached hydrogens (tertiary/aromatic N) is 3. The maximum atomic E-state index is 12.8. The van der Waals surface area contributed by atoms with Gasteiger partial charge in [-0.1, -0.05) is 18.2 Å². The molecule has 1 N–H and O–H groups in total. The molecule has 0 spiro atoms. The van der Waals surface area contributed by atoms with Gasteiger partial charge in [0.2, 0.25) is 11.8 Å². The van der Waals surface area contributed by atoms with Crippen LogP contribution in [0.2, 0.25) is 0 Å². The number of para-hydroxylation sites is 1. The highest BCUT2D eigenvalue weighted by Crippen LogP contribution is 2.20.